The van der Waals surface area contributed by atoms with Gasteiger partial charge in [-0.05, 0) is 31.9 Å². The number of likely N-dealkylation sites (N-methyl/N-ethyl adjacent to an activating group) is 1. The third-order valence-electron chi connectivity index (χ3n) is 5.06. The molecule has 7 heteroatoms. The van der Waals surface area contributed by atoms with Crippen molar-refractivity contribution in [1.82, 2.24) is 14.4 Å². The fourth-order valence-corrected chi connectivity index (χ4v) is 5.02. The lowest BCUT2D eigenvalue weighted by atomic mass is 10.1. The van der Waals surface area contributed by atoms with Gasteiger partial charge in [0.1, 0.15) is 10.9 Å². The summed E-state index contributed by atoms with van der Waals surface area (Å²) in [5.41, 5.74) is 1.94. The molecule has 4 rings (SSSR count). The van der Waals surface area contributed by atoms with Crippen LogP contribution in [0.5, 0.6) is 0 Å². The maximum Gasteiger partial charge on any atom is 0.266 e. The zero-order valence-corrected chi connectivity index (χ0v) is 16.8. The smallest absolute Gasteiger partial charge is 0.266 e. The van der Waals surface area contributed by atoms with E-state index in [9.17, 15) is 9.59 Å². The topological polar surface area (TPSA) is 45.6 Å². The van der Waals surface area contributed by atoms with Crippen LogP contribution in [0.15, 0.2) is 35.4 Å². The van der Waals surface area contributed by atoms with Gasteiger partial charge in [0.15, 0.2) is 0 Å². The van der Waals surface area contributed by atoms with Gasteiger partial charge >= 0.3 is 0 Å². The normalized spacial score (nSPS) is 19.1. The largest absolute Gasteiger partial charge is 0.341 e. The molecule has 0 atom stereocenters. The Bertz CT molecular complexity index is 957. The first-order chi connectivity index (χ1) is 13.1. The van der Waals surface area contributed by atoms with Crippen LogP contribution in [-0.2, 0) is 16.1 Å². The van der Waals surface area contributed by atoms with E-state index in [1.165, 1.54) is 11.8 Å². The number of carbonyl (C=O) groups excluding carboxylic acids is 2. The average molecular weight is 400 g/mol. The number of thioether (sulfide) groups is 1. The molecule has 0 bridgehead atoms. The second kappa shape index (κ2) is 7.48. The Hall–Kier alpha value is -2.12. The average Bonchev–Trinajstić information content (AvgIpc) is 3.36. The summed E-state index contributed by atoms with van der Waals surface area (Å²) in [6.07, 6.45) is 6.04. The summed E-state index contributed by atoms with van der Waals surface area (Å²) in [6.45, 7) is 4.52. The van der Waals surface area contributed by atoms with Crippen molar-refractivity contribution in [2.24, 2.45) is 0 Å². The molecule has 2 fully saturated rings. The number of hydrogen-bond donors (Lipinski definition) is 0. The molecule has 27 heavy (non-hydrogen) atoms. The molecule has 3 heterocycles. The van der Waals surface area contributed by atoms with Crippen LogP contribution in [0, 0.1) is 0 Å². The van der Waals surface area contributed by atoms with E-state index in [2.05, 4.69) is 0 Å². The fourth-order valence-electron chi connectivity index (χ4n) is 3.65. The first-order valence-corrected chi connectivity index (χ1v) is 10.4. The standard InChI is InChI=1S/C20H21N3O2S2/c1-2-23-19(25)17(27-20(23)26)11-14-12-22(16-8-4-3-7-15(14)16)13-18(24)21-9-5-6-10-21/h3-4,7-8,11-12H,2,5-6,9-10,13H2,1H3/b17-11-. The molecule has 1 aromatic heterocycles. The molecule has 2 aliphatic heterocycles. The summed E-state index contributed by atoms with van der Waals surface area (Å²) in [5, 5.41) is 1.04. The number of fused-ring (bicyclic) bond motifs is 1. The number of rotatable bonds is 4. The van der Waals surface area contributed by atoms with Crippen LogP contribution in [0.1, 0.15) is 25.3 Å². The Balaban J connectivity index is 1.68. The van der Waals surface area contributed by atoms with Gasteiger partial charge in [-0.1, -0.05) is 42.2 Å². The van der Waals surface area contributed by atoms with Gasteiger partial charge in [0.25, 0.3) is 5.91 Å². The van der Waals surface area contributed by atoms with Gasteiger partial charge in [-0.25, -0.2) is 0 Å². The highest BCUT2D eigenvalue weighted by Gasteiger charge is 2.31. The molecule has 2 amide bonds. The second-order valence-electron chi connectivity index (χ2n) is 6.74. The van der Waals surface area contributed by atoms with Gasteiger partial charge in [-0.2, -0.15) is 0 Å². The summed E-state index contributed by atoms with van der Waals surface area (Å²) in [5.74, 6) is 0.106. The minimum Gasteiger partial charge on any atom is -0.341 e. The van der Waals surface area contributed by atoms with Crippen molar-refractivity contribution in [1.29, 1.82) is 0 Å². The van der Waals surface area contributed by atoms with Crippen molar-refractivity contribution in [3.8, 4) is 0 Å². The highest BCUT2D eigenvalue weighted by atomic mass is 32.2. The van der Waals surface area contributed by atoms with Crippen LogP contribution >= 0.6 is 24.0 Å². The molecular formula is C20H21N3O2S2. The lowest BCUT2D eigenvalue weighted by Gasteiger charge is -2.15. The number of thiocarbonyl (C=S) groups is 1. The molecule has 0 N–H and O–H groups in total. The maximum atomic E-state index is 12.6. The lowest BCUT2D eigenvalue weighted by Crippen LogP contribution is -2.30. The number of aromatic nitrogens is 1. The molecule has 2 aliphatic rings. The molecule has 140 valence electrons. The van der Waals surface area contributed by atoms with Crippen LogP contribution in [-0.4, -0.2) is 50.1 Å². The van der Waals surface area contributed by atoms with Crippen molar-refractivity contribution in [2.75, 3.05) is 19.6 Å². The Labute approximate surface area is 168 Å². The molecule has 2 saturated heterocycles. The van der Waals surface area contributed by atoms with Gasteiger partial charge in [-0.15, -0.1) is 0 Å². The molecule has 0 spiro atoms. The third-order valence-corrected chi connectivity index (χ3v) is 6.44. The van der Waals surface area contributed by atoms with Crippen molar-refractivity contribution in [3.05, 3.63) is 40.9 Å². The predicted molar refractivity (Wildman–Crippen MR) is 113 cm³/mol. The van der Waals surface area contributed by atoms with E-state index in [0.717, 1.165) is 42.4 Å². The predicted octanol–water partition coefficient (Wildman–Crippen LogP) is 3.48. The maximum absolute atomic E-state index is 12.6. The van der Waals surface area contributed by atoms with E-state index in [4.69, 9.17) is 12.2 Å². The van der Waals surface area contributed by atoms with Crippen molar-refractivity contribution < 1.29 is 9.59 Å². The Morgan fingerprint density at radius 2 is 2.00 bits per heavy atom. The van der Waals surface area contributed by atoms with Crippen molar-refractivity contribution >= 4 is 57.1 Å². The molecule has 1 aromatic carbocycles. The number of hydrogen-bond acceptors (Lipinski definition) is 4. The number of para-hydroxylation sites is 1. The van der Waals surface area contributed by atoms with Crippen LogP contribution in [0.3, 0.4) is 0 Å². The summed E-state index contributed by atoms with van der Waals surface area (Å²) in [4.78, 5) is 29.3. The molecule has 2 aromatic rings. The fraction of sp³-hybridized carbons (Fsp3) is 0.350. The van der Waals surface area contributed by atoms with Gasteiger partial charge in [-0.3, -0.25) is 14.5 Å². The van der Waals surface area contributed by atoms with E-state index in [0.29, 0.717) is 22.3 Å². The van der Waals surface area contributed by atoms with Gasteiger partial charge < -0.3 is 9.47 Å². The molecular weight excluding hydrogens is 378 g/mol. The van der Waals surface area contributed by atoms with Crippen molar-refractivity contribution in [2.45, 2.75) is 26.3 Å². The van der Waals surface area contributed by atoms with Gasteiger partial charge in [0.2, 0.25) is 5.91 Å². The Morgan fingerprint density at radius 1 is 1.26 bits per heavy atom. The van der Waals surface area contributed by atoms with Crippen LogP contribution in [0.25, 0.3) is 17.0 Å². The van der Waals surface area contributed by atoms with E-state index < -0.39 is 0 Å². The zero-order valence-electron chi connectivity index (χ0n) is 15.2. The number of nitrogens with zero attached hydrogens (tertiary/aromatic N) is 3. The number of likely N-dealkylation sites (tertiary alicyclic amines) is 1. The summed E-state index contributed by atoms with van der Waals surface area (Å²) in [6, 6.07) is 7.99. The SMILES string of the molecule is CCN1C(=O)/C(=C/c2cn(CC(=O)N3CCCC3)c3ccccc23)SC1=S. The second-order valence-corrected chi connectivity index (χ2v) is 8.42. The minimum atomic E-state index is -0.0440. The van der Waals surface area contributed by atoms with Crippen LogP contribution < -0.4 is 0 Å². The van der Waals surface area contributed by atoms with Crippen LogP contribution in [0.2, 0.25) is 0 Å². The first kappa shape index (κ1) is 18.3. The quantitative estimate of drug-likeness (QED) is 0.583. The molecule has 0 unspecified atom stereocenters. The van der Waals surface area contributed by atoms with E-state index in [1.807, 2.05) is 52.9 Å². The summed E-state index contributed by atoms with van der Waals surface area (Å²) < 4.78 is 2.59. The Morgan fingerprint density at radius 3 is 2.70 bits per heavy atom. The molecule has 0 radical (unpaired) electrons. The zero-order chi connectivity index (χ0) is 19.0. The number of benzene rings is 1. The molecule has 0 saturated carbocycles. The first-order valence-electron chi connectivity index (χ1n) is 9.19. The summed E-state index contributed by atoms with van der Waals surface area (Å²) in [7, 11) is 0. The minimum absolute atomic E-state index is 0.0440. The third kappa shape index (κ3) is 3.41. The molecule has 0 aliphatic carbocycles. The summed E-state index contributed by atoms with van der Waals surface area (Å²) >= 11 is 6.64. The van der Waals surface area contributed by atoms with Gasteiger partial charge in [0.05, 0.1) is 4.91 Å². The van der Waals surface area contributed by atoms with Crippen LogP contribution in [0.4, 0.5) is 0 Å². The monoisotopic (exact) mass is 399 g/mol. The van der Waals surface area contributed by atoms with E-state index in [1.54, 1.807) is 4.90 Å². The number of amides is 2. The highest BCUT2D eigenvalue weighted by molar-refractivity contribution is 8.26. The van der Waals surface area contributed by atoms with Crippen molar-refractivity contribution in [3.63, 3.8) is 0 Å². The lowest BCUT2D eigenvalue weighted by molar-refractivity contribution is -0.130. The highest BCUT2D eigenvalue weighted by Crippen LogP contribution is 2.34. The van der Waals surface area contributed by atoms with E-state index >= 15 is 0 Å². The Kier molecular flexibility index (Phi) is 5.06. The molecule has 5 nitrogen and oxygen atoms in total. The number of carbonyl (C=O) groups is 2. The van der Waals surface area contributed by atoms with E-state index in [-0.39, 0.29) is 11.8 Å². The van der Waals surface area contributed by atoms with Gasteiger partial charge in [0, 0.05) is 42.3 Å².